The number of ether oxygens (including phenoxy) is 1. The standard InChI is InChI=1S/C17H15FO3/c1-2-5-13-6-3-4-7-16(13)21-11-12-8-9-15(18)14(10-12)17(19)20/h2-10H,11H2,1H3,(H,19,20)/b5-2+. The van der Waals surface area contributed by atoms with E-state index in [2.05, 4.69) is 0 Å². The zero-order valence-electron chi connectivity index (χ0n) is 11.5. The fourth-order valence-corrected chi connectivity index (χ4v) is 1.92. The first-order valence-corrected chi connectivity index (χ1v) is 6.48. The molecule has 0 bridgehead atoms. The number of para-hydroxylation sites is 1. The van der Waals surface area contributed by atoms with Gasteiger partial charge >= 0.3 is 5.97 Å². The Morgan fingerprint density at radius 2 is 2.05 bits per heavy atom. The Balaban J connectivity index is 2.17. The van der Waals surface area contributed by atoms with Crippen LogP contribution in [0.2, 0.25) is 0 Å². The first-order valence-electron chi connectivity index (χ1n) is 6.48. The van der Waals surface area contributed by atoms with Crippen LogP contribution in [0.25, 0.3) is 6.08 Å². The second kappa shape index (κ2) is 6.70. The summed E-state index contributed by atoms with van der Waals surface area (Å²) in [5.74, 6) is -1.35. The Morgan fingerprint density at radius 1 is 1.29 bits per heavy atom. The lowest BCUT2D eigenvalue weighted by Crippen LogP contribution is -2.04. The van der Waals surface area contributed by atoms with E-state index in [1.807, 2.05) is 43.3 Å². The Morgan fingerprint density at radius 3 is 2.76 bits per heavy atom. The number of hydrogen-bond acceptors (Lipinski definition) is 2. The van der Waals surface area contributed by atoms with Crippen molar-refractivity contribution in [2.45, 2.75) is 13.5 Å². The molecule has 0 atom stereocenters. The summed E-state index contributed by atoms with van der Waals surface area (Å²) in [6, 6.07) is 11.5. The number of allylic oxidation sites excluding steroid dienone is 1. The minimum Gasteiger partial charge on any atom is -0.488 e. The highest BCUT2D eigenvalue weighted by atomic mass is 19.1. The third-order valence-electron chi connectivity index (χ3n) is 2.92. The summed E-state index contributed by atoms with van der Waals surface area (Å²) in [4.78, 5) is 10.9. The molecule has 2 aromatic carbocycles. The van der Waals surface area contributed by atoms with Crippen LogP contribution in [0.1, 0.15) is 28.4 Å². The van der Waals surface area contributed by atoms with Crippen molar-refractivity contribution in [3.05, 3.63) is 71.0 Å². The average Bonchev–Trinajstić information content (AvgIpc) is 2.47. The fraction of sp³-hybridized carbons (Fsp3) is 0.118. The zero-order chi connectivity index (χ0) is 15.2. The van der Waals surface area contributed by atoms with Gasteiger partial charge in [0.1, 0.15) is 18.2 Å². The monoisotopic (exact) mass is 286 g/mol. The summed E-state index contributed by atoms with van der Waals surface area (Å²) in [5, 5.41) is 8.90. The van der Waals surface area contributed by atoms with Gasteiger partial charge in [-0.1, -0.05) is 36.4 Å². The lowest BCUT2D eigenvalue weighted by Gasteiger charge is -2.10. The van der Waals surface area contributed by atoms with Crippen molar-refractivity contribution in [2.24, 2.45) is 0 Å². The normalized spacial score (nSPS) is 10.8. The Bertz CT molecular complexity index is 677. The van der Waals surface area contributed by atoms with E-state index in [0.29, 0.717) is 11.3 Å². The molecule has 0 saturated carbocycles. The molecule has 2 rings (SSSR count). The van der Waals surface area contributed by atoms with Crippen molar-refractivity contribution in [1.29, 1.82) is 0 Å². The highest BCUT2D eigenvalue weighted by molar-refractivity contribution is 5.88. The molecule has 0 radical (unpaired) electrons. The maximum atomic E-state index is 13.3. The molecular formula is C17H15FO3. The number of rotatable bonds is 5. The van der Waals surface area contributed by atoms with Crippen LogP contribution >= 0.6 is 0 Å². The van der Waals surface area contributed by atoms with E-state index in [1.54, 1.807) is 0 Å². The molecule has 108 valence electrons. The van der Waals surface area contributed by atoms with Crippen molar-refractivity contribution < 1.29 is 19.0 Å². The highest BCUT2D eigenvalue weighted by Gasteiger charge is 2.11. The molecule has 2 aromatic rings. The van der Waals surface area contributed by atoms with E-state index in [0.717, 1.165) is 11.6 Å². The van der Waals surface area contributed by atoms with Crippen LogP contribution in [0.15, 0.2) is 48.5 Å². The molecule has 0 aliphatic heterocycles. The third-order valence-corrected chi connectivity index (χ3v) is 2.92. The summed E-state index contributed by atoms with van der Waals surface area (Å²) in [6.07, 6.45) is 3.82. The quantitative estimate of drug-likeness (QED) is 0.898. The number of carboxylic acid groups (broad SMARTS) is 1. The van der Waals surface area contributed by atoms with Crippen molar-refractivity contribution >= 4 is 12.0 Å². The molecule has 0 aliphatic carbocycles. The number of aromatic carboxylic acids is 1. The van der Waals surface area contributed by atoms with Crippen LogP contribution in [0.4, 0.5) is 4.39 Å². The first-order chi connectivity index (χ1) is 10.1. The maximum absolute atomic E-state index is 13.3. The molecular weight excluding hydrogens is 271 g/mol. The van der Waals surface area contributed by atoms with Gasteiger partial charge in [0.2, 0.25) is 0 Å². The van der Waals surface area contributed by atoms with E-state index in [-0.39, 0.29) is 12.2 Å². The van der Waals surface area contributed by atoms with Crippen molar-refractivity contribution in [1.82, 2.24) is 0 Å². The van der Waals surface area contributed by atoms with Gasteiger partial charge in [0.15, 0.2) is 0 Å². The number of hydrogen-bond donors (Lipinski definition) is 1. The predicted molar refractivity (Wildman–Crippen MR) is 78.8 cm³/mol. The van der Waals surface area contributed by atoms with E-state index in [1.165, 1.54) is 12.1 Å². The van der Waals surface area contributed by atoms with Crippen LogP contribution in [-0.2, 0) is 6.61 Å². The minimum atomic E-state index is -1.29. The summed E-state index contributed by atoms with van der Waals surface area (Å²) < 4.78 is 19.0. The number of benzene rings is 2. The van der Waals surface area contributed by atoms with E-state index in [4.69, 9.17) is 9.84 Å². The van der Waals surface area contributed by atoms with Gasteiger partial charge in [-0.15, -0.1) is 0 Å². The molecule has 21 heavy (non-hydrogen) atoms. The van der Waals surface area contributed by atoms with Gasteiger partial charge < -0.3 is 9.84 Å². The largest absolute Gasteiger partial charge is 0.488 e. The Kier molecular flexibility index (Phi) is 4.72. The second-order valence-corrected chi connectivity index (χ2v) is 4.45. The van der Waals surface area contributed by atoms with Crippen LogP contribution < -0.4 is 4.74 Å². The molecule has 0 spiro atoms. The van der Waals surface area contributed by atoms with Crippen molar-refractivity contribution in [3.8, 4) is 5.75 Å². The number of halogens is 1. The average molecular weight is 286 g/mol. The van der Waals surface area contributed by atoms with E-state index >= 15 is 0 Å². The molecule has 0 amide bonds. The molecule has 0 aliphatic rings. The van der Waals surface area contributed by atoms with Crippen LogP contribution in [-0.4, -0.2) is 11.1 Å². The van der Waals surface area contributed by atoms with Gasteiger partial charge in [0, 0.05) is 5.56 Å². The number of carboxylic acids is 1. The van der Waals surface area contributed by atoms with Gasteiger partial charge in [0.05, 0.1) is 5.56 Å². The predicted octanol–water partition coefficient (Wildman–Crippen LogP) is 4.14. The minimum absolute atomic E-state index is 0.176. The molecule has 0 heterocycles. The van der Waals surface area contributed by atoms with E-state index < -0.39 is 11.8 Å². The molecule has 0 aromatic heterocycles. The van der Waals surface area contributed by atoms with Gasteiger partial charge in [0.25, 0.3) is 0 Å². The molecule has 3 nitrogen and oxygen atoms in total. The number of carbonyl (C=O) groups is 1. The smallest absolute Gasteiger partial charge is 0.338 e. The van der Waals surface area contributed by atoms with Gasteiger partial charge in [-0.05, 0) is 30.7 Å². The van der Waals surface area contributed by atoms with Crippen LogP contribution in [0.5, 0.6) is 5.75 Å². The summed E-state index contributed by atoms with van der Waals surface area (Å²) >= 11 is 0. The lowest BCUT2D eigenvalue weighted by atomic mass is 10.1. The highest BCUT2D eigenvalue weighted by Crippen LogP contribution is 2.21. The third kappa shape index (κ3) is 3.69. The molecule has 4 heteroatoms. The molecule has 0 fully saturated rings. The van der Waals surface area contributed by atoms with E-state index in [9.17, 15) is 9.18 Å². The van der Waals surface area contributed by atoms with Gasteiger partial charge in [-0.2, -0.15) is 0 Å². The van der Waals surface area contributed by atoms with Crippen LogP contribution in [0.3, 0.4) is 0 Å². The molecule has 0 unspecified atom stereocenters. The zero-order valence-corrected chi connectivity index (χ0v) is 11.5. The van der Waals surface area contributed by atoms with Crippen molar-refractivity contribution in [3.63, 3.8) is 0 Å². The molecule has 1 N–H and O–H groups in total. The second-order valence-electron chi connectivity index (χ2n) is 4.45. The SMILES string of the molecule is C/C=C/c1ccccc1OCc1ccc(F)c(C(=O)O)c1. The topological polar surface area (TPSA) is 46.5 Å². The van der Waals surface area contributed by atoms with Gasteiger partial charge in [-0.3, -0.25) is 0 Å². The van der Waals surface area contributed by atoms with Crippen LogP contribution in [0, 0.1) is 5.82 Å². The summed E-state index contributed by atoms with van der Waals surface area (Å²) in [5.41, 5.74) is 1.18. The lowest BCUT2D eigenvalue weighted by molar-refractivity contribution is 0.0691. The molecule has 0 saturated heterocycles. The van der Waals surface area contributed by atoms with Gasteiger partial charge in [-0.25, -0.2) is 9.18 Å². The van der Waals surface area contributed by atoms with Crippen molar-refractivity contribution in [2.75, 3.05) is 0 Å². The summed E-state index contributed by atoms with van der Waals surface area (Å²) in [6.45, 7) is 2.09. The first kappa shape index (κ1) is 14.8. The summed E-state index contributed by atoms with van der Waals surface area (Å²) in [7, 11) is 0. The Hall–Kier alpha value is -2.62. The maximum Gasteiger partial charge on any atom is 0.338 e. The Labute approximate surface area is 122 Å². The fourth-order valence-electron chi connectivity index (χ4n) is 1.92.